The second-order valence-corrected chi connectivity index (χ2v) is 6.26. The van der Waals surface area contributed by atoms with Crippen molar-refractivity contribution in [3.8, 4) is 0 Å². The van der Waals surface area contributed by atoms with Gasteiger partial charge in [-0.1, -0.05) is 23.8 Å². The van der Waals surface area contributed by atoms with Gasteiger partial charge in [0.05, 0.1) is 6.61 Å². The van der Waals surface area contributed by atoms with Crippen LogP contribution in [0.2, 0.25) is 0 Å². The van der Waals surface area contributed by atoms with Crippen LogP contribution in [0.5, 0.6) is 0 Å². The summed E-state index contributed by atoms with van der Waals surface area (Å²) in [5, 5.41) is 0. The van der Waals surface area contributed by atoms with E-state index in [0.29, 0.717) is 12.5 Å². The van der Waals surface area contributed by atoms with Crippen LogP contribution in [0.1, 0.15) is 13.8 Å². The van der Waals surface area contributed by atoms with Crippen molar-refractivity contribution < 1.29 is 14.3 Å². The molecular weight excluding hydrogens is 240 g/mol. The number of hydrogen-bond donors (Lipinski definition) is 0. The third-order valence-electron chi connectivity index (χ3n) is 5.31. The van der Waals surface area contributed by atoms with Crippen LogP contribution in [0.3, 0.4) is 0 Å². The zero-order chi connectivity index (χ0) is 13.4. The highest BCUT2D eigenvalue weighted by Crippen LogP contribution is 2.61. The summed E-state index contributed by atoms with van der Waals surface area (Å²) in [6.07, 6.45) is 8.44. The molecule has 3 nitrogen and oxygen atoms in total. The lowest BCUT2D eigenvalue weighted by Gasteiger charge is -2.51. The highest BCUT2D eigenvalue weighted by molar-refractivity contribution is 6.02. The average Bonchev–Trinajstić information content (AvgIpc) is 3.04. The molecule has 0 radical (unpaired) electrons. The van der Waals surface area contributed by atoms with Crippen LogP contribution in [0, 0.1) is 17.8 Å². The molecule has 1 aliphatic heterocycles. The van der Waals surface area contributed by atoms with Crippen LogP contribution in [0.25, 0.3) is 0 Å². The zero-order valence-electron chi connectivity index (χ0n) is 11.5. The van der Waals surface area contributed by atoms with E-state index >= 15 is 0 Å². The number of ketones is 1. The van der Waals surface area contributed by atoms with E-state index in [-0.39, 0.29) is 17.6 Å². The van der Waals surface area contributed by atoms with Crippen LogP contribution in [0.15, 0.2) is 35.5 Å². The van der Waals surface area contributed by atoms with E-state index in [2.05, 4.69) is 32.1 Å². The molecule has 5 aliphatic rings. The molecule has 0 amide bonds. The van der Waals surface area contributed by atoms with Crippen molar-refractivity contribution in [3.63, 3.8) is 0 Å². The van der Waals surface area contributed by atoms with Crippen molar-refractivity contribution in [3.05, 3.63) is 35.5 Å². The number of epoxide rings is 1. The molecule has 0 unspecified atom stereocenters. The van der Waals surface area contributed by atoms with Gasteiger partial charge in [-0.2, -0.15) is 0 Å². The number of methoxy groups -OCH3 is 1. The molecule has 1 saturated heterocycles. The molecule has 1 saturated carbocycles. The Bertz CT molecular complexity index is 561. The predicted molar refractivity (Wildman–Crippen MR) is 70.6 cm³/mol. The molecule has 0 aromatic rings. The number of Topliss-reactive ketones (excluding diaryl/α,β-unsaturated/α-hetero) is 1. The van der Waals surface area contributed by atoms with Crippen LogP contribution < -0.4 is 0 Å². The standard InChI is InChI=1S/C16H18O3/c1-9(2)10-4-5-11-13(10)12-6-7-15(11,18-3)14(17)16(12)8-19-16/h4-7,11-13H,8H2,1-3H3/t11-,12+,13+,15+,16-/m0/s1. The molecule has 0 N–H and O–H groups in total. The fraction of sp³-hybridized carbons (Fsp3) is 0.562. The summed E-state index contributed by atoms with van der Waals surface area (Å²) < 4.78 is 11.3. The maximum Gasteiger partial charge on any atom is 0.203 e. The second-order valence-electron chi connectivity index (χ2n) is 6.26. The van der Waals surface area contributed by atoms with E-state index in [0.717, 1.165) is 0 Å². The Hall–Kier alpha value is -1.19. The topological polar surface area (TPSA) is 38.8 Å². The van der Waals surface area contributed by atoms with Crippen LogP contribution in [0.4, 0.5) is 0 Å². The van der Waals surface area contributed by atoms with Gasteiger partial charge in [0.1, 0.15) is 0 Å². The molecule has 1 spiro atoms. The first-order chi connectivity index (χ1) is 9.07. The van der Waals surface area contributed by atoms with Gasteiger partial charge in [-0.3, -0.25) is 4.79 Å². The fourth-order valence-electron chi connectivity index (χ4n) is 4.29. The molecule has 0 aromatic carbocycles. The van der Waals surface area contributed by atoms with Gasteiger partial charge in [0, 0.05) is 24.9 Å². The molecule has 4 aliphatic carbocycles. The summed E-state index contributed by atoms with van der Waals surface area (Å²) in [6, 6.07) is 0. The average molecular weight is 258 g/mol. The number of rotatable bonds is 1. The summed E-state index contributed by atoms with van der Waals surface area (Å²) in [5.74, 6) is 0.743. The Labute approximate surface area is 113 Å². The van der Waals surface area contributed by atoms with Gasteiger partial charge in [0.15, 0.2) is 11.2 Å². The van der Waals surface area contributed by atoms with Gasteiger partial charge in [0.2, 0.25) is 5.78 Å². The Morgan fingerprint density at radius 3 is 2.68 bits per heavy atom. The van der Waals surface area contributed by atoms with E-state index in [1.54, 1.807) is 7.11 Å². The first-order valence-electron chi connectivity index (χ1n) is 6.86. The van der Waals surface area contributed by atoms with E-state index < -0.39 is 11.2 Å². The molecule has 3 heteroatoms. The minimum atomic E-state index is -0.816. The van der Waals surface area contributed by atoms with Crippen molar-refractivity contribution in [2.24, 2.45) is 17.8 Å². The lowest BCUT2D eigenvalue weighted by molar-refractivity contribution is -0.159. The fourth-order valence-corrected chi connectivity index (χ4v) is 4.29. The van der Waals surface area contributed by atoms with Crippen molar-refractivity contribution >= 4 is 5.78 Å². The number of ether oxygens (including phenoxy) is 2. The van der Waals surface area contributed by atoms with E-state index in [9.17, 15) is 4.79 Å². The molecule has 100 valence electrons. The molecule has 0 aromatic heterocycles. The first-order valence-corrected chi connectivity index (χ1v) is 6.86. The third-order valence-corrected chi connectivity index (χ3v) is 5.31. The Kier molecular flexibility index (Phi) is 2.00. The Morgan fingerprint density at radius 2 is 2.11 bits per heavy atom. The lowest BCUT2D eigenvalue weighted by atomic mass is 9.54. The highest BCUT2D eigenvalue weighted by atomic mass is 16.6. The smallest absolute Gasteiger partial charge is 0.203 e. The van der Waals surface area contributed by atoms with E-state index in [4.69, 9.17) is 9.47 Å². The Balaban J connectivity index is 1.93. The minimum Gasteiger partial charge on any atom is -0.366 e. The summed E-state index contributed by atoms with van der Waals surface area (Å²) in [4.78, 5) is 12.8. The number of hydrogen-bond acceptors (Lipinski definition) is 3. The normalized spacial score (nSPS) is 49.1. The van der Waals surface area contributed by atoms with Crippen LogP contribution >= 0.6 is 0 Å². The summed E-state index contributed by atoms with van der Waals surface area (Å²) >= 11 is 0. The summed E-state index contributed by atoms with van der Waals surface area (Å²) in [7, 11) is 1.63. The molecule has 5 atom stereocenters. The monoisotopic (exact) mass is 258 g/mol. The van der Waals surface area contributed by atoms with Crippen LogP contribution in [-0.2, 0) is 14.3 Å². The molecule has 1 heterocycles. The first kappa shape index (κ1) is 11.6. The lowest BCUT2D eigenvalue weighted by Crippen LogP contribution is -2.64. The van der Waals surface area contributed by atoms with Crippen molar-refractivity contribution in [1.29, 1.82) is 0 Å². The van der Waals surface area contributed by atoms with Gasteiger partial charge in [-0.15, -0.1) is 0 Å². The van der Waals surface area contributed by atoms with Gasteiger partial charge < -0.3 is 9.47 Å². The summed E-state index contributed by atoms with van der Waals surface area (Å²) in [6.45, 7) is 4.82. The summed E-state index contributed by atoms with van der Waals surface area (Å²) in [5.41, 5.74) is 1.25. The van der Waals surface area contributed by atoms with E-state index in [1.807, 2.05) is 6.08 Å². The number of allylic oxidation sites excluding steroid dienone is 3. The molecule has 19 heavy (non-hydrogen) atoms. The molecule has 2 fully saturated rings. The van der Waals surface area contributed by atoms with E-state index in [1.165, 1.54) is 11.1 Å². The third kappa shape index (κ3) is 1.10. The van der Waals surface area contributed by atoms with Crippen LogP contribution in [-0.4, -0.2) is 30.7 Å². The van der Waals surface area contributed by atoms with Gasteiger partial charge in [-0.25, -0.2) is 0 Å². The second kappa shape index (κ2) is 3.28. The quantitative estimate of drug-likeness (QED) is 0.534. The van der Waals surface area contributed by atoms with Gasteiger partial charge in [-0.05, 0) is 25.5 Å². The number of carbonyl (C=O) groups excluding carboxylic acids is 1. The zero-order valence-corrected chi connectivity index (χ0v) is 11.5. The largest absolute Gasteiger partial charge is 0.366 e. The van der Waals surface area contributed by atoms with Crippen molar-refractivity contribution in [2.45, 2.75) is 25.0 Å². The number of carbonyl (C=O) groups is 1. The van der Waals surface area contributed by atoms with Crippen molar-refractivity contribution in [2.75, 3.05) is 13.7 Å². The Morgan fingerprint density at radius 1 is 1.37 bits per heavy atom. The minimum absolute atomic E-state index is 0.121. The predicted octanol–water partition coefficient (Wildman–Crippen LogP) is 2.05. The molecule has 5 rings (SSSR count). The molecular formula is C16H18O3. The van der Waals surface area contributed by atoms with Gasteiger partial charge >= 0.3 is 0 Å². The van der Waals surface area contributed by atoms with Crippen molar-refractivity contribution in [1.82, 2.24) is 0 Å². The maximum atomic E-state index is 12.8. The highest BCUT2D eigenvalue weighted by Gasteiger charge is 2.74. The van der Waals surface area contributed by atoms with Gasteiger partial charge in [0.25, 0.3) is 0 Å². The SMILES string of the molecule is CO[C@]12C=C[C@H]([C@@H]3C(=C(C)C)C=C[C@@H]31)[C@@]1(CO1)C2=O. The maximum absolute atomic E-state index is 12.8. The molecule has 2 bridgehead atoms.